The summed E-state index contributed by atoms with van der Waals surface area (Å²) in [7, 11) is 1.39. The van der Waals surface area contributed by atoms with E-state index in [1.54, 1.807) is 14.2 Å². The molecule has 3 heteroatoms. The van der Waals surface area contributed by atoms with Crippen LogP contribution in [0.1, 0.15) is 25.7 Å². The fourth-order valence-corrected chi connectivity index (χ4v) is 2.18. The molecule has 2 nitrogen and oxygen atoms in total. The van der Waals surface area contributed by atoms with Crippen LogP contribution in [0, 0.1) is 0 Å². The quantitative estimate of drug-likeness (QED) is 0.347. The highest BCUT2D eigenvalue weighted by Gasteiger charge is 2.23. The van der Waals surface area contributed by atoms with Gasteiger partial charge in [-0.1, -0.05) is 24.3 Å². The molecule has 0 aromatic rings. The van der Waals surface area contributed by atoms with Crippen LogP contribution in [0.4, 0.5) is 0 Å². The average molecular weight is 240 g/mol. The fourth-order valence-electron chi connectivity index (χ4n) is 1.17. The van der Waals surface area contributed by atoms with Crippen molar-refractivity contribution in [3.05, 3.63) is 36.6 Å². The van der Waals surface area contributed by atoms with E-state index in [1.807, 2.05) is 12.6 Å². The summed E-state index contributed by atoms with van der Waals surface area (Å²) in [6, 6.07) is 0. The summed E-state index contributed by atoms with van der Waals surface area (Å²) in [5.41, 5.74) is 2.07. The van der Waals surface area contributed by atoms with Gasteiger partial charge in [-0.2, -0.15) is 0 Å². The first-order valence-electron chi connectivity index (χ1n) is 5.72. The minimum absolute atomic E-state index is 0.948. The third kappa shape index (κ3) is 7.62. The molecule has 0 atom stereocenters. The van der Waals surface area contributed by atoms with Crippen LogP contribution in [0.5, 0.6) is 0 Å². The van der Waals surface area contributed by atoms with Gasteiger partial charge < -0.3 is 8.85 Å². The Morgan fingerprint density at radius 2 is 1.75 bits per heavy atom. The van der Waals surface area contributed by atoms with Crippen LogP contribution in [0.2, 0.25) is 6.55 Å². The van der Waals surface area contributed by atoms with Crippen molar-refractivity contribution >= 4 is 8.56 Å². The zero-order chi connectivity index (χ0) is 12.3. The molecule has 0 spiro atoms. The zero-order valence-corrected chi connectivity index (χ0v) is 11.7. The van der Waals surface area contributed by atoms with Crippen molar-refractivity contribution in [2.45, 2.75) is 32.2 Å². The van der Waals surface area contributed by atoms with Crippen molar-refractivity contribution in [3.8, 4) is 0 Å². The topological polar surface area (TPSA) is 18.5 Å². The highest BCUT2D eigenvalue weighted by atomic mass is 28.4. The van der Waals surface area contributed by atoms with Gasteiger partial charge in [-0.25, -0.2) is 0 Å². The van der Waals surface area contributed by atoms with Gasteiger partial charge in [0.2, 0.25) is 0 Å². The van der Waals surface area contributed by atoms with Gasteiger partial charge in [0.25, 0.3) is 0 Å². The van der Waals surface area contributed by atoms with Crippen molar-refractivity contribution in [1.82, 2.24) is 0 Å². The summed E-state index contributed by atoms with van der Waals surface area (Å²) in [5, 5.41) is 0. The molecule has 0 heterocycles. The minimum Gasteiger partial charge on any atom is -0.395 e. The van der Waals surface area contributed by atoms with Crippen molar-refractivity contribution in [2.75, 3.05) is 14.2 Å². The molecule has 92 valence electrons. The molecule has 0 radical (unpaired) electrons. The molecule has 0 aromatic carbocycles. The maximum Gasteiger partial charge on any atom is 0.361 e. The fraction of sp³-hybridized carbons (Fsp3) is 0.538. The first kappa shape index (κ1) is 15.4. The Balaban J connectivity index is 3.71. The molecule has 0 N–H and O–H groups in total. The summed E-state index contributed by atoms with van der Waals surface area (Å²) in [6.07, 6.45) is 12.8. The second kappa shape index (κ2) is 9.57. The number of hydrogen-bond donors (Lipinski definition) is 0. The second-order valence-electron chi connectivity index (χ2n) is 3.75. The standard InChI is InChI=1S/C13H24O2Si/c1-5-6-7-8-9-10-11-12-13-16(4,14-2)15-3/h5,9-10,12-13H,1,6-8,11H2,2-4H3/b10-9+,13-12+. The molecule has 0 amide bonds. The summed E-state index contributed by atoms with van der Waals surface area (Å²) >= 11 is 0. The summed E-state index contributed by atoms with van der Waals surface area (Å²) < 4.78 is 10.7. The van der Waals surface area contributed by atoms with E-state index in [4.69, 9.17) is 8.85 Å². The van der Waals surface area contributed by atoms with Crippen LogP contribution >= 0.6 is 0 Å². The zero-order valence-electron chi connectivity index (χ0n) is 10.7. The molecule has 0 saturated heterocycles. The third-order valence-electron chi connectivity index (χ3n) is 2.45. The molecule has 0 saturated carbocycles. The molecular formula is C13H24O2Si. The molecular weight excluding hydrogens is 216 g/mol. The number of allylic oxidation sites excluding steroid dienone is 4. The first-order chi connectivity index (χ1) is 7.68. The van der Waals surface area contributed by atoms with Gasteiger partial charge in [0.05, 0.1) is 0 Å². The van der Waals surface area contributed by atoms with E-state index in [-0.39, 0.29) is 0 Å². The Hall–Kier alpha value is -0.643. The Kier molecular flexibility index (Phi) is 9.19. The van der Waals surface area contributed by atoms with Crippen LogP contribution in [0.3, 0.4) is 0 Å². The third-order valence-corrected chi connectivity index (χ3v) is 4.91. The maximum absolute atomic E-state index is 5.34. The lowest BCUT2D eigenvalue weighted by Crippen LogP contribution is -2.33. The first-order valence-corrected chi connectivity index (χ1v) is 8.12. The molecule has 0 aliphatic carbocycles. The van der Waals surface area contributed by atoms with Gasteiger partial charge in [-0.05, 0) is 37.9 Å². The highest BCUT2D eigenvalue weighted by molar-refractivity contribution is 6.71. The Bertz CT molecular complexity index is 230. The lowest BCUT2D eigenvalue weighted by atomic mass is 10.2. The Labute approximate surface area is 101 Å². The molecule has 0 aliphatic heterocycles. The lowest BCUT2D eigenvalue weighted by Gasteiger charge is -2.17. The Morgan fingerprint density at radius 1 is 1.06 bits per heavy atom. The van der Waals surface area contributed by atoms with E-state index in [0.29, 0.717) is 0 Å². The van der Waals surface area contributed by atoms with Gasteiger partial charge in [0.1, 0.15) is 0 Å². The van der Waals surface area contributed by atoms with Crippen molar-refractivity contribution in [1.29, 1.82) is 0 Å². The van der Waals surface area contributed by atoms with E-state index in [1.165, 1.54) is 6.42 Å². The van der Waals surface area contributed by atoms with Crippen molar-refractivity contribution in [2.24, 2.45) is 0 Å². The number of hydrogen-bond acceptors (Lipinski definition) is 2. The maximum atomic E-state index is 5.34. The van der Waals surface area contributed by atoms with E-state index >= 15 is 0 Å². The molecule has 0 rings (SSSR count). The van der Waals surface area contributed by atoms with Gasteiger partial charge in [-0.3, -0.25) is 0 Å². The molecule has 0 aliphatic rings. The second-order valence-corrected chi connectivity index (χ2v) is 6.94. The lowest BCUT2D eigenvalue weighted by molar-refractivity contribution is 0.264. The SMILES string of the molecule is C=CCCC/C=C/C/C=C/[Si](C)(OC)OC. The summed E-state index contributed by atoms with van der Waals surface area (Å²) in [5.74, 6) is 0. The van der Waals surface area contributed by atoms with Gasteiger partial charge in [0.15, 0.2) is 0 Å². The predicted octanol–water partition coefficient (Wildman–Crippen LogP) is 3.75. The normalized spacial score (nSPS) is 12.7. The van der Waals surface area contributed by atoms with Crippen LogP contribution in [-0.4, -0.2) is 22.8 Å². The summed E-state index contributed by atoms with van der Waals surface area (Å²) in [6.45, 7) is 5.72. The average Bonchev–Trinajstić information content (AvgIpc) is 2.32. The monoisotopic (exact) mass is 240 g/mol. The van der Waals surface area contributed by atoms with Crippen molar-refractivity contribution in [3.63, 3.8) is 0 Å². The van der Waals surface area contributed by atoms with Crippen LogP contribution in [0.25, 0.3) is 0 Å². The van der Waals surface area contributed by atoms with E-state index in [0.717, 1.165) is 19.3 Å². The highest BCUT2D eigenvalue weighted by Crippen LogP contribution is 2.06. The number of unbranched alkanes of at least 4 members (excludes halogenated alkanes) is 2. The Morgan fingerprint density at radius 3 is 2.31 bits per heavy atom. The molecule has 0 fully saturated rings. The molecule has 0 bridgehead atoms. The van der Waals surface area contributed by atoms with Crippen molar-refractivity contribution < 1.29 is 8.85 Å². The largest absolute Gasteiger partial charge is 0.395 e. The molecule has 16 heavy (non-hydrogen) atoms. The van der Waals surface area contributed by atoms with Crippen LogP contribution in [-0.2, 0) is 8.85 Å². The number of rotatable bonds is 9. The van der Waals surface area contributed by atoms with E-state index < -0.39 is 8.56 Å². The minimum atomic E-state index is -2.01. The van der Waals surface area contributed by atoms with Gasteiger partial charge in [-0.15, -0.1) is 6.58 Å². The smallest absolute Gasteiger partial charge is 0.361 e. The molecule has 0 unspecified atom stereocenters. The van der Waals surface area contributed by atoms with E-state index in [2.05, 4.69) is 30.5 Å². The van der Waals surface area contributed by atoms with E-state index in [9.17, 15) is 0 Å². The predicted molar refractivity (Wildman–Crippen MR) is 72.6 cm³/mol. The van der Waals surface area contributed by atoms with Crippen LogP contribution in [0.15, 0.2) is 36.6 Å². The molecule has 0 aromatic heterocycles. The van der Waals surface area contributed by atoms with Crippen LogP contribution < -0.4 is 0 Å². The summed E-state index contributed by atoms with van der Waals surface area (Å²) in [4.78, 5) is 0. The van der Waals surface area contributed by atoms with Gasteiger partial charge >= 0.3 is 8.56 Å². The van der Waals surface area contributed by atoms with Gasteiger partial charge in [0, 0.05) is 14.2 Å².